The third-order valence-electron chi connectivity index (χ3n) is 2.39. The van der Waals surface area contributed by atoms with Crippen molar-refractivity contribution in [2.75, 3.05) is 0 Å². The zero-order valence-electron chi connectivity index (χ0n) is 7.50. The Hall–Kier alpha value is -1.22. The fourth-order valence-electron chi connectivity index (χ4n) is 1.64. The average molecular weight is 196 g/mol. The number of benzene rings is 1. The molecule has 1 atom stereocenters. The number of aliphatic hydroxyl groups is 1. The first-order chi connectivity index (χ1) is 6.66. The Morgan fingerprint density at radius 2 is 2.00 bits per heavy atom. The zero-order valence-corrected chi connectivity index (χ0v) is 7.50. The normalized spacial score (nSPS) is 21.1. The number of allylic oxidation sites excluding steroid dienone is 1. The van der Waals surface area contributed by atoms with E-state index in [-0.39, 0.29) is 0 Å². The van der Waals surface area contributed by atoms with Gasteiger partial charge in [0.05, 0.1) is 6.10 Å². The van der Waals surface area contributed by atoms with Crippen LogP contribution in [0.4, 0.5) is 8.78 Å². The molecule has 0 fully saturated rings. The molecule has 0 aromatic heterocycles. The maximum Gasteiger partial charge on any atom is 0.159 e. The number of hydrogen-bond donors (Lipinski definition) is 1. The summed E-state index contributed by atoms with van der Waals surface area (Å²) < 4.78 is 25.5. The molecule has 1 unspecified atom stereocenters. The first-order valence-corrected chi connectivity index (χ1v) is 4.51. The minimum absolute atomic E-state index is 0.446. The SMILES string of the molecule is OC1C=C(c2ccc(F)c(F)c2)CC1. The van der Waals surface area contributed by atoms with Crippen LogP contribution in [-0.2, 0) is 0 Å². The lowest BCUT2D eigenvalue weighted by atomic mass is 10.1. The average Bonchev–Trinajstić information content (AvgIpc) is 2.57. The van der Waals surface area contributed by atoms with Crippen molar-refractivity contribution in [1.82, 2.24) is 0 Å². The lowest BCUT2D eigenvalue weighted by Gasteiger charge is -2.01. The first kappa shape index (κ1) is 9.34. The molecule has 0 heterocycles. The fraction of sp³-hybridized carbons (Fsp3) is 0.273. The quantitative estimate of drug-likeness (QED) is 0.731. The molecule has 74 valence electrons. The van der Waals surface area contributed by atoms with E-state index in [1.54, 1.807) is 6.08 Å². The predicted octanol–water partition coefficient (Wildman–Crippen LogP) is 2.50. The standard InChI is InChI=1S/C11H10F2O/c12-10-4-2-8(6-11(10)13)7-1-3-9(14)5-7/h2,4-6,9,14H,1,3H2. The van der Waals surface area contributed by atoms with E-state index in [1.165, 1.54) is 12.1 Å². The highest BCUT2D eigenvalue weighted by molar-refractivity contribution is 5.67. The van der Waals surface area contributed by atoms with E-state index in [9.17, 15) is 13.9 Å². The lowest BCUT2D eigenvalue weighted by Crippen LogP contribution is -1.93. The van der Waals surface area contributed by atoms with E-state index in [4.69, 9.17) is 0 Å². The molecule has 0 radical (unpaired) electrons. The predicted molar refractivity (Wildman–Crippen MR) is 49.6 cm³/mol. The summed E-state index contributed by atoms with van der Waals surface area (Å²) in [4.78, 5) is 0. The van der Waals surface area contributed by atoms with Gasteiger partial charge in [0.2, 0.25) is 0 Å². The van der Waals surface area contributed by atoms with E-state index in [0.29, 0.717) is 18.4 Å². The third kappa shape index (κ3) is 1.68. The van der Waals surface area contributed by atoms with Gasteiger partial charge in [-0.25, -0.2) is 8.78 Å². The summed E-state index contributed by atoms with van der Waals surface area (Å²) in [6, 6.07) is 3.80. The molecule has 0 aliphatic heterocycles. The Kier molecular flexibility index (Phi) is 2.33. The van der Waals surface area contributed by atoms with Crippen LogP contribution in [0, 0.1) is 11.6 Å². The minimum Gasteiger partial charge on any atom is -0.389 e. The molecule has 1 aromatic carbocycles. The maximum atomic E-state index is 12.9. The van der Waals surface area contributed by atoms with Gasteiger partial charge in [0.25, 0.3) is 0 Å². The number of halogens is 2. The van der Waals surface area contributed by atoms with Crippen molar-refractivity contribution < 1.29 is 13.9 Å². The molecule has 3 heteroatoms. The molecule has 0 bridgehead atoms. The van der Waals surface area contributed by atoms with E-state index in [2.05, 4.69) is 0 Å². The van der Waals surface area contributed by atoms with Gasteiger partial charge < -0.3 is 5.11 Å². The molecular weight excluding hydrogens is 186 g/mol. The van der Waals surface area contributed by atoms with Crippen LogP contribution in [0.25, 0.3) is 5.57 Å². The summed E-state index contributed by atoms with van der Waals surface area (Å²) in [5.74, 6) is -1.68. The first-order valence-electron chi connectivity index (χ1n) is 4.51. The van der Waals surface area contributed by atoms with Gasteiger partial charge in [-0.3, -0.25) is 0 Å². The molecule has 0 spiro atoms. The Balaban J connectivity index is 2.34. The van der Waals surface area contributed by atoms with Gasteiger partial charge in [-0.15, -0.1) is 0 Å². The van der Waals surface area contributed by atoms with Crippen LogP contribution < -0.4 is 0 Å². The highest BCUT2D eigenvalue weighted by Gasteiger charge is 2.15. The minimum atomic E-state index is -0.843. The topological polar surface area (TPSA) is 20.2 Å². The summed E-state index contributed by atoms with van der Waals surface area (Å²) >= 11 is 0. The highest BCUT2D eigenvalue weighted by Crippen LogP contribution is 2.28. The smallest absolute Gasteiger partial charge is 0.159 e. The summed E-state index contributed by atoms with van der Waals surface area (Å²) in [7, 11) is 0. The lowest BCUT2D eigenvalue weighted by molar-refractivity contribution is 0.223. The fourth-order valence-corrected chi connectivity index (χ4v) is 1.64. The summed E-state index contributed by atoms with van der Waals surface area (Å²) in [6.07, 6.45) is 2.62. The van der Waals surface area contributed by atoms with E-state index in [1.807, 2.05) is 0 Å². The van der Waals surface area contributed by atoms with Crippen molar-refractivity contribution in [3.8, 4) is 0 Å². The molecular formula is C11H10F2O. The van der Waals surface area contributed by atoms with Crippen LogP contribution in [0.15, 0.2) is 24.3 Å². The van der Waals surface area contributed by atoms with Crippen molar-refractivity contribution in [3.05, 3.63) is 41.5 Å². The Morgan fingerprint density at radius 3 is 2.57 bits per heavy atom. The van der Waals surface area contributed by atoms with Gasteiger partial charge in [0.15, 0.2) is 11.6 Å². The molecule has 2 rings (SSSR count). The van der Waals surface area contributed by atoms with Gasteiger partial charge in [-0.2, -0.15) is 0 Å². The van der Waals surface area contributed by atoms with Crippen LogP contribution in [0.1, 0.15) is 18.4 Å². The summed E-state index contributed by atoms with van der Waals surface area (Å²) in [5, 5.41) is 9.24. The summed E-state index contributed by atoms with van der Waals surface area (Å²) in [6.45, 7) is 0. The molecule has 1 aromatic rings. The van der Waals surface area contributed by atoms with E-state index in [0.717, 1.165) is 11.6 Å². The van der Waals surface area contributed by atoms with Crippen LogP contribution in [0.5, 0.6) is 0 Å². The largest absolute Gasteiger partial charge is 0.389 e. The number of hydrogen-bond acceptors (Lipinski definition) is 1. The molecule has 0 saturated heterocycles. The van der Waals surface area contributed by atoms with Gasteiger partial charge >= 0.3 is 0 Å². The second-order valence-corrected chi connectivity index (χ2v) is 3.43. The van der Waals surface area contributed by atoms with E-state index >= 15 is 0 Å². The third-order valence-corrected chi connectivity index (χ3v) is 2.39. The van der Waals surface area contributed by atoms with E-state index < -0.39 is 17.7 Å². The molecule has 1 N–H and O–H groups in total. The molecule has 1 aliphatic rings. The van der Waals surface area contributed by atoms with Crippen molar-refractivity contribution in [3.63, 3.8) is 0 Å². The van der Waals surface area contributed by atoms with Crippen molar-refractivity contribution in [2.24, 2.45) is 0 Å². The number of rotatable bonds is 1. The monoisotopic (exact) mass is 196 g/mol. The molecule has 1 nitrogen and oxygen atoms in total. The molecule has 0 saturated carbocycles. The van der Waals surface area contributed by atoms with Gasteiger partial charge in [0, 0.05) is 0 Å². The summed E-state index contributed by atoms with van der Waals surface area (Å²) in [5.41, 5.74) is 1.54. The molecule has 1 aliphatic carbocycles. The van der Waals surface area contributed by atoms with Crippen LogP contribution in [0.3, 0.4) is 0 Å². The van der Waals surface area contributed by atoms with Crippen molar-refractivity contribution >= 4 is 5.57 Å². The van der Waals surface area contributed by atoms with Crippen LogP contribution in [0.2, 0.25) is 0 Å². The second-order valence-electron chi connectivity index (χ2n) is 3.43. The van der Waals surface area contributed by atoms with Crippen LogP contribution >= 0.6 is 0 Å². The van der Waals surface area contributed by atoms with Crippen LogP contribution in [-0.4, -0.2) is 11.2 Å². The highest BCUT2D eigenvalue weighted by atomic mass is 19.2. The van der Waals surface area contributed by atoms with Crippen molar-refractivity contribution in [2.45, 2.75) is 18.9 Å². The Morgan fingerprint density at radius 1 is 1.21 bits per heavy atom. The Labute approximate surface area is 80.7 Å². The van der Waals surface area contributed by atoms with Gasteiger partial charge in [-0.05, 0) is 36.1 Å². The van der Waals surface area contributed by atoms with Gasteiger partial charge in [0.1, 0.15) is 0 Å². The zero-order chi connectivity index (χ0) is 10.1. The molecule has 14 heavy (non-hydrogen) atoms. The maximum absolute atomic E-state index is 12.9. The van der Waals surface area contributed by atoms with Crippen molar-refractivity contribution in [1.29, 1.82) is 0 Å². The second kappa shape index (κ2) is 3.50. The number of aliphatic hydroxyl groups excluding tert-OH is 1. The van der Waals surface area contributed by atoms with Gasteiger partial charge in [-0.1, -0.05) is 12.1 Å². The molecule has 0 amide bonds. The Bertz CT molecular complexity index is 385.